The Morgan fingerprint density at radius 2 is 1.59 bits per heavy atom. The molecule has 2 aromatic rings. The van der Waals surface area contributed by atoms with Gasteiger partial charge in [-0.2, -0.15) is 0 Å². The highest BCUT2D eigenvalue weighted by molar-refractivity contribution is 6.02. The molecule has 29 heavy (non-hydrogen) atoms. The number of hydrogen-bond donors (Lipinski definition) is 0. The highest BCUT2D eigenvalue weighted by Gasteiger charge is 2.58. The lowest BCUT2D eigenvalue weighted by atomic mass is 9.89. The van der Waals surface area contributed by atoms with Gasteiger partial charge in [-0.1, -0.05) is 48.5 Å². The molecular formula is C25H30N2O2. The second-order valence-electron chi connectivity index (χ2n) is 8.82. The van der Waals surface area contributed by atoms with Gasteiger partial charge in [0, 0.05) is 12.2 Å². The van der Waals surface area contributed by atoms with E-state index in [0.29, 0.717) is 12.5 Å². The van der Waals surface area contributed by atoms with Gasteiger partial charge in [-0.3, -0.25) is 4.79 Å². The lowest BCUT2D eigenvalue weighted by molar-refractivity contribution is -0.150. The minimum atomic E-state index is -0.525. The SMILES string of the molecule is O=C1N(c2ccccc2)CC(C2CCN(CCc3ccccc3)CC2)OC12CC2. The molecule has 1 atom stereocenters. The molecule has 2 saturated heterocycles. The fourth-order valence-electron chi connectivity index (χ4n) is 4.89. The zero-order valence-corrected chi connectivity index (χ0v) is 17.0. The quantitative estimate of drug-likeness (QED) is 0.776. The normalized spacial score (nSPS) is 24.8. The van der Waals surface area contributed by atoms with E-state index >= 15 is 0 Å². The summed E-state index contributed by atoms with van der Waals surface area (Å²) in [6, 6.07) is 20.9. The molecule has 4 heteroatoms. The monoisotopic (exact) mass is 390 g/mol. The van der Waals surface area contributed by atoms with Crippen LogP contribution in [-0.4, -0.2) is 48.7 Å². The Bertz CT molecular complexity index is 826. The lowest BCUT2D eigenvalue weighted by Crippen LogP contribution is -2.56. The Morgan fingerprint density at radius 1 is 0.931 bits per heavy atom. The summed E-state index contributed by atoms with van der Waals surface area (Å²) in [4.78, 5) is 17.6. The number of rotatable bonds is 5. The van der Waals surface area contributed by atoms with Crippen LogP contribution in [0.5, 0.6) is 0 Å². The summed E-state index contributed by atoms with van der Waals surface area (Å²) in [5, 5.41) is 0. The topological polar surface area (TPSA) is 32.8 Å². The molecule has 1 amide bonds. The van der Waals surface area contributed by atoms with Gasteiger partial charge in [-0.05, 0) is 68.8 Å². The molecule has 2 aliphatic heterocycles. The molecule has 3 aliphatic rings. The maximum atomic E-state index is 13.0. The minimum Gasteiger partial charge on any atom is -0.360 e. The summed E-state index contributed by atoms with van der Waals surface area (Å²) in [6.07, 6.45) is 5.35. The molecule has 0 bridgehead atoms. The van der Waals surface area contributed by atoms with Crippen molar-refractivity contribution in [3.8, 4) is 0 Å². The van der Waals surface area contributed by atoms with Gasteiger partial charge in [0.1, 0.15) is 5.60 Å². The zero-order valence-electron chi connectivity index (χ0n) is 17.0. The van der Waals surface area contributed by atoms with Gasteiger partial charge in [0.25, 0.3) is 5.91 Å². The lowest BCUT2D eigenvalue weighted by Gasteiger charge is -2.43. The summed E-state index contributed by atoms with van der Waals surface area (Å²) in [5.74, 6) is 0.708. The van der Waals surface area contributed by atoms with E-state index in [0.717, 1.165) is 57.4 Å². The van der Waals surface area contributed by atoms with Crippen molar-refractivity contribution in [1.82, 2.24) is 4.90 Å². The van der Waals surface area contributed by atoms with Crippen LogP contribution < -0.4 is 4.90 Å². The van der Waals surface area contributed by atoms with Gasteiger partial charge in [0.05, 0.1) is 12.6 Å². The predicted octanol–water partition coefficient (Wildman–Crippen LogP) is 3.91. The van der Waals surface area contributed by atoms with Crippen LogP contribution in [0.15, 0.2) is 60.7 Å². The van der Waals surface area contributed by atoms with E-state index in [1.54, 1.807) is 0 Å². The Morgan fingerprint density at radius 3 is 2.24 bits per heavy atom. The van der Waals surface area contributed by atoms with Crippen LogP contribution in [-0.2, 0) is 16.0 Å². The predicted molar refractivity (Wildman–Crippen MR) is 115 cm³/mol. The molecule has 2 heterocycles. The highest BCUT2D eigenvalue weighted by atomic mass is 16.5. The van der Waals surface area contributed by atoms with Crippen LogP contribution in [0.25, 0.3) is 0 Å². The summed E-state index contributed by atoms with van der Waals surface area (Å²) >= 11 is 0. The Hall–Kier alpha value is -2.17. The number of piperidine rings is 1. The number of amides is 1. The molecule has 1 unspecified atom stereocenters. The van der Waals surface area contributed by atoms with Crippen molar-refractivity contribution in [3.05, 3.63) is 66.2 Å². The van der Waals surface area contributed by atoms with Crippen molar-refractivity contribution in [2.24, 2.45) is 5.92 Å². The summed E-state index contributed by atoms with van der Waals surface area (Å²) in [5.41, 5.74) is 1.90. The average molecular weight is 391 g/mol. The first-order chi connectivity index (χ1) is 14.2. The molecule has 3 fully saturated rings. The number of morpholine rings is 1. The molecule has 5 rings (SSSR count). The molecule has 0 N–H and O–H groups in total. The molecule has 1 aliphatic carbocycles. The van der Waals surface area contributed by atoms with Gasteiger partial charge in [0.2, 0.25) is 0 Å². The average Bonchev–Trinajstić information content (AvgIpc) is 3.56. The van der Waals surface area contributed by atoms with E-state index < -0.39 is 5.60 Å². The Balaban J connectivity index is 1.20. The molecule has 152 valence electrons. The number of carbonyl (C=O) groups excluding carboxylic acids is 1. The number of hydrogen-bond acceptors (Lipinski definition) is 3. The molecule has 1 saturated carbocycles. The zero-order chi connectivity index (χ0) is 19.7. The number of para-hydroxylation sites is 1. The third-order valence-electron chi connectivity index (χ3n) is 6.86. The Labute approximate surface area is 173 Å². The van der Waals surface area contributed by atoms with Crippen molar-refractivity contribution in [3.63, 3.8) is 0 Å². The van der Waals surface area contributed by atoms with Crippen molar-refractivity contribution in [2.45, 2.75) is 43.8 Å². The van der Waals surface area contributed by atoms with E-state index in [4.69, 9.17) is 4.74 Å². The minimum absolute atomic E-state index is 0.159. The van der Waals surface area contributed by atoms with Crippen LogP contribution in [0.1, 0.15) is 31.2 Å². The fraction of sp³-hybridized carbons (Fsp3) is 0.480. The first-order valence-corrected chi connectivity index (χ1v) is 11.0. The molecular weight excluding hydrogens is 360 g/mol. The maximum Gasteiger partial charge on any atom is 0.259 e. The van der Waals surface area contributed by atoms with Gasteiger partial charge in [-0.15, -0.1) is 0 Å². The van der Waals surface area contributed by atoms with Crippen molar-refractivity contribution < 1.29 is 9.53 Å². The molecule has 0 aromatic heterocycles. The standard InChI is InChI=1S/C25H30N2O2/c28-24-25(14-15-25)29-23(19-27(24)22-9-5-2-6-10-22)21-12-17-26(18-13-21)16-11-20-7-3-1-4-8-20/h1-10,21,23H,11-19H2. The molecule has 2 aromatic carbocycles. The number of ether oxygens (including phenoxy) is 1. The first kappa shape index (κ1) is 18.8. The summed E-state index contributed by atoms with van der Waals surface area (Å²) < 4.78 is 6.44. The third-order valence-corrected chi connectivity index (χ3v) is 6.86. The summed E-state index contributed by atoms with van der Waals surface area (Å²) in [7, 11) is 0. The van der Waals surface area contributed by atoms with Crippen molar-refractivity contribution in [1.29, 1.82) is 0 Å². The largest absolute Gasteiger partial charge is 0.360 e. The van der Waals surface area contributed by atoms with Gasteiger partial charge in [0.15, 0.2) is 0 Å². The Kier molecular flexibility index (Phi) is 5.15. The van der Waals surface area contributed by atoms with Crippen molar-refractivity contribution in [2.75, 3.05) is 31.1 Å². The number of anilines is 1. The van der Waals surface area contributed by atoms with E-state index in [2.05, 4.69) is 35.2 Å². The number of carbonyl (C=O) groups is 1. The van der Waals surface area contributed by atoms with E-state index in [1.165, 1.54) is 5.56 Å². The van der Waals surface area contributed by atoms with Crippen LogP contribution in [0, 0.1) is 5.92 Å². The third kappa shape index (κ3) is 3.96. The van der Waals surface area contributed by atoms with Gasteiger partial charge < -0.3 is 14.5 Å². The number of likely N-dealkylation sites (tertiary alicyclic amines) is 1. The number of nitrogens with zero attached hydrogens (tertiary/aromatic N) is 2. The maximum absolute atomic E-state index is 13.0. The highest BCUT2D eigenvalue weighted by Crippen LogP contribution is 2.47. The smallest absolute Gasteiger partial charge is 0.259 e. The van der Waals surface area contributed by atoms with Gasteiger partial charge >= 0.3 is 0 Å². The second kappa shape index (κ2) is 7.92. The van der Waals surface area contributed by atoms with E-state index in [-0.39, 0.29) is 12.0 Å². The molecule has 1 spiro atoms. The van der Waals surface area contributed by atoms with E-state index in [1.807, 2.05) is 35.2 Å². The molecule has 4 nitrogen and oxygen atoms in total. The fourth-order valence-corrected chi connectivity index (χ4v) is 4.89. The van der Waals surface area contributed by atoms with Crippen LogP contribution in [0.2, 0.25) is 0 Å². The van der Waals surface area contributed by atoms with Crippen molar-refractivity contribution >= 4 is 11.6 Å². The van der Waals surface area contributed by atoms with Crippen LogP contribution in [0.3, 0.4) is 0 Å². The summed E-state index contributed by atoms with van der Waals surface area (Å²) in [6.45, 7) is 4.08. The molecule has 0 radical (unpaired) electrons. The van der Waals surface area contributed by atoms with E-state index in [9.17, 15) is 4.79 Å². The van der Waals surface area contributed by atoms with Crippen LogP contribution >= 0.6 is 0 Å². The number of benzene rings is 2. The van der Waals surface area contributed by atoms with Gasteiger partial charge in [-0.25, -0.2) is 0 Å². The van der Waals surface area contributed by atoms with Crippen LogP contribution in [0.4, 0.5) is 5.69 Å². The second-order valence-corrected chi connectivity index (χ2v) is 8.82. The first-order valence-electron chi connectivity index (χ1n) is 11.0.